The number of non-ortho nitro benzene ring substituents is 1. The summed E-state index contributed by atoms with van der Waals surface area (Å²) in [7, 11) is 1.65. The van der Waals surface area contributed by atoms with Crippen LogP contribution in [0.4, 0.5) is 17.1 Å². The van der Waals surface area contributed by atoms with Crippen LogP contribution in [-0.2, 0) is 16.1 Å². The van der Waals surface area contributed by atoms with E-state index in [0.29, 0.717) is 11.4 Å². The fraction of sp³-hybridized carbons (Fsp3) is 0.219. The predicted molar refractivity (Wildman–Crippen MR) is 162 cm³/mol. The Balaban J connectivity index is 1.62. The Morgan fingerprint density at radius 2 is 1.64 bits per heavy atom. The first-order valence-corrected chi connectivity index (χ1v) is 13.6. The second-order valence-corrected chi connectivity index (χ2v) is 10.3. The summed E-state index contributed by atoms with van der Waals surface area (Å²) in [4.78, 5) is 55.0. The van der Waals surface area contributed by atoms with Crippen molar-refractivity contribution in [2.45, 2.75) is 32.5 Å². The molecule has 5 rings (SSSR count). The molecule has 0 aliphatic carbocycles. The highest BCUT2D eigenvalue weighted by atomic mass is 16.6. The van der Waals surface area contributed by atoms with Gasteiger partial charge in [-0.2, -0.15) is 0 Å². The largest absolute Gasteiger partial charge is 0.341 e. The third-order valence-electron chi connectivity index (χ3n) is 7.70. The highest BCUT2D eigenvalue weighted by Crippen LogP contribution is 2.36. The van der Waals surface area contributed by atoms with Crippen molar-refractivity contribution >= 4 is 45.6 Å². The lowest BCUT2D eigenvalue weighted by Gasteiger charge is -2.27. The number of benzene rings is 4. The van der Waals surface area contributed by atoms with E-state index in [2.05, 4.69) is 10.6 Å². The van der Waals surface area contributed by atoms with Crippen LogP contribution in [0.3, 0.4) is 0 Å². The number of nitro groups is 1. The Kier molecular flexibility index (Phi) is 7.99. The molecule has 0 bridgehead atoms. The van der Waals surface area contributed by atoms with Crippen LogP contribution in [-0.4, -0.2) is 48.3 Å². The Morgan fingerprint density at radius 3 is 2.33 bits per heavy atom. The molecule has 3 amide bonds. The minimum atomic E-state index is -1.06. The van der Waals surface area contributed by atoms with Crippen molar-refractivity contribution in [2.75, 3.05) is 23.4 Å². The summed E-state index contributed by atoms with van der Waals surface area (Å²) in [6, 6.07) is 22.8. The summed E-state index contributed by atoms with van der Waals surface area (Å²) in [5.74, 6) is -1.19. The summed E-state index contributed by atoms with van der Waals surface area (Å²) in [6.45, 7) is 3.77. The first-order chi connectivity index (χ1) is 20.2. The zero-order valence-electron chi connectivity index (χ0n) is 23.5. The zero-order valence-corrected chi connectivity index (χ0v) is 23.5. The number of nitrogens with zero attached hydrogens (tertiary/aromatic N) is 3. The smallest absolute Gasteiger partial charge is 0.269 e. The Morgan fingerprint density at radius 1 is 0.976 bits per heavy atom. The maximum absolute atomic E-state index is 14.3. The van der Waals surface area contributed by atoms with Gasteiger partial charge in [-0.3, -0.25) is 24.5 Å². The van der Waals surface area contributed by atoms with Crippen LogP contribution in [0.1, 0.15) is 28.4 Å². The lowest BCUT2D eigenvalue weighted by atomic mass is 9.99. The van der Waals surface area contributed by atoms with E-state index in [9.17, 15) is 24.5 Å². The van der Waals surface area contributed by atoms with E-state index in [-0.39, 0.29) is 36.2 Å². The molecule has 0 aromatic heterocycles. The predicted octanol–water partition coefficient (Wildman–Crippen LogP) is 4.34. The number of hydrogen-bond acceptors (Lipinski definition) is 6. The molecular weight excluding hydrogens is 534 g/mol. The van der Waals surface area contributed by atoms with Crippen LogP contribution in [0.25, 0.3) is 10.8 Å². The average Bonchev–Trinajstić information content (AvgIpc) is 3.12. The van der Waals surface area contributed by atoms with Gasteiger partial charge in [0.05, 0.1) is 35.4 Å². The molecule has 0 saturated carbocycles. The van der Waals surface area contributed by atoms with Crippen molar-refractivity contribution in [3.8, 4) is 0 Å². The van der Waals surface area contributed by atoms with Crippen molar-refractivity contribution < 1.29 is 19.3 Å². The second kappa shape index (κ2) is 11.8. The number of fused-ring (bicyclic) bond motifs is 2. The normalized spacial score (nSPS) is 15.6. The van der Waals surface area contributed by atoms with E-state index in [1.54, 1.807) is 43.1 Å². The SMILES string of the molecule is CN[C@@H](C)C(=O)NC1CN(C(=O)c2ccc([N+](=O)[O-])cc2)c2ccccc2N(Cc2c(C)ccc3ccccc23)C1=O. The summed E-state index contributed by atoms with van der Waals surface area (Å²) in [6.07, 6.45) is 0. The van der Waals surface area contributed by atoms with E-state index in [4.69, 9.17) is 0 Å². The van der Waals surface area contributed by atoms with E-state index in [0.717, 1.165) is 21.9 Å². The fourth-order valence-electron chi connectivity index (χ4n) is 5.17. The number of amides is 3. The van der Waals surface area contributed by atoms with Gasteiger partial charge in [0.1, 0.15) is 6.04 Å². The van der Waals surface area contributed by atoms with Gasteiger partial charge < -0.3 is 20.4 Å². The van der Waals surface area contributed by atoms with Crippen LogP contribution in [0.15, 0.2) is 84.9 Å². The molecular formula is C32H31N5O5. The summed E-state index contributed by atoms with van der Waals surface area (Å²) in [5, 5.41) is 18.9. The molecule has 214 valence electrons. The number of carbonyl (C=O) groups is 3. The Labute approximate surface area is 243 Å². The number of hydrogen-bond donors (Lipinski definition) is 2. The highest BCUT2D eigenvalue weighted by molar-refractivity contribution is 6.13. The van der Waals surface area contributed by atoms with Crippen molar-refractivity contribution in [1.82, 2.24) is 10.6 Å². The van der Waals surface area contributed by atoms with E-state index >= 15 is 0 Å². The molecule has 0 fully saturated rings. The van der Waals surface area contributed by atoms with Crippen molar-refractivity contribution in [1.29, 1.82) is 0 Å². The topological polar surface area (TPSA) is 125 Å². The third-order valence-corrected chi connectivity index (χ3v) is 7.70. The van der Waals surface area contributed by atoms with Crippen LogP contribution in [0.5, 0.6) is 0 Å². The van der Waals surface area contributed by atoms with Crippen LogP contribution in [0, 0.1) is 17.0 Å². The molecule has 42 heavy (non-hydrogen) atoms. The van der Waals surface area contributed by atoms with Gasteiger partial charge in [-0.25, -0.2) is 0 Å². The second-order valence-electron chi connectivity index (χ2n) is 10.3. The van der Waals surface area contributed by atoms with Gasteiger partial charge >= 0.3 is 0 Å². The van der Waals surface area contributed by atoms with Gasteiger partial charge in [0.15, 0.2) is 0 Å². The van der Waals surface area contributed by atoms with E-state index in [1.807, 2.05) is 43.3 Å². The van der Waals surface area contributed by atoms with E-state index in [1.165, 1.54) is 29.2 Å². The van der Waals surface area contributed by atoms with E-state index < -0.39 is 22.9 Å². The summed E-state index contributed by atoms with van der Waals surface area (Å²) < 4.78 is 0. The number of rotatable bonds is 7. The molecule has 1 aliphatic rings. The molecule has 1 heterocycles. The molecule has 2 N–H and O–H groups in total. The van der Waals surface area contributed by atoms with Gasteiger partial charge in [-0.1, -0.05) is 48.5 Å². The number of likely N-dealkylation sites (N-methyl/N-ethyl adjacent to an activating group) is 1. The van der Waals surface area contributed by atoms with Gasteiger partial charge in [0.2, 0.25) is 5.91 Å². The van der Waals surface area contributed by atoms with Gasteiger partial charge in [0.25, 0.3) is 17.5 Å². The van der Waals surface area contributed by atoms with Gasteiger partial charge in [-0.05, 0) is 67.1 Å². The highest BCUT2D eigenvalue weighted by Gasteiger charge is 2.38. The minimum Gasteiger partial charge on any atom is -0.341 e. The number of anilines is 2. The molecule has 4 aromatic rings. The first-order valence-electron chi connectivity index (χ1n) is 13.6. The van der Waals surface area contributed by atoms with Crippen LogP contribution in [0.2, 0.25) is 0 Å². The van der Waals surface area contributed by atoms with Crippen molar-refractivity contribution in [3.63, 3.8) is 0 Å². The Hall–Kier alpha value is -5.09. The number of para-hydroxylation sites is 2. The number of nitrogens with one attached hydrogen (secondary N) is 2. The molecule has 2 atom stereocenters. The van der Waals surface area contributed by atoms with Crippen LogP contribution >= 0.6 is 0 Å². The quantitative estimate of drug-likeness (QED) is 0.254. The fourth-order valence-corrected chi connectivity index (χ4v) is 5.17. The van der Waals surface area contributed by atoms with Crippen molar-refractivity contribution in [3.05, 3.63) is 112 Å². The Bertz CT molecular complexity index is 1690. The molecule has 10 heteroatoms. The minimum absolute atomic E-state index is 0.126. The number of carbonyl (C=O) groups excluding carboxylic acids is 3. The molecule has 1 unspecified atom stereocenters. The lowest BCUT2D eigenvalue weighted by Crippen LogP contribution is -2.55. The maximum atomic E-state index is 14.3. The van der Waals surface area contributed by atoms with Gasteiger partial charge in [-0.15, -0.1) is 0 Å². The summed E-state index contributed by atoms with van der Waals surface area (Å²) >= 11 is 0. The molecule has 0 saturated heterocycles. The number of aryl methyl sites for hydroxylation is 1. The van der Waals surface area contributed by atoms with Crippen molar-refractivity contribution in [2.24, 2.45) is 0 Å². The standard InChI is InChI=1S/C32H31N5O5/c1-20-12-13-22-8-4-5-9-25(22)26(20)18-35-28-10-6-7-11-29(28)36(19-27(32(35)40)34-30(38)21(2)33-3)31(39)23-14-16-24(17-15-23)37(41)42/h4-17,21,27,33H,18-19H2,1-3H3,(H,34,38)/t21-,27?/m0/s1. The summed E-state index contributed by atoms with van der Waals surface area (Å²) in [5.41, 5.74) is 3.05. The van der Waals surface area contributed by atoms with Gasteiger partial charge in [0, 0.05) is 17.7 Å². The molecule has 0 spiro atoms. The molecule has 1 aliphatic heterocycles. The maximum Gasteiger partial charge on any atom is 0.269 e. The molecule has 0 radical (unpaired) electrons. The lowest BCUT2D eigenvalue weighted by molar-refractivity contribution is -0.384. The average molecular weight is 566 g/mol. The first kappa shape index (κ1) is 28.4. The molecule has 10 nitrogen and oxygen atoms in total. The third kappa shape index (κ3) is 5.44. The zero-order chi connectivity index (χ0) is 30.0. The number of nitro benzene ring substituents is 1. The molecule has 4 aromatic carbocycles. The van der Waals surface area contributed by atoms with Crippen LogP contribution < -0.4 is 20.4 Å². The monoisotopic (exact) mass is 565 g/mol.